The van der Waals surface area contributed by atoms with Crippen molar-refractivity contribution in [3.05, 3.63) is 40.9 Å². The second-order valence-corrected chi connectivity index (χ2v) is 4.19. The lowest BCUT2D eigenvalue weighted by Gasteiger charge is -2.16. The number of aromatic amines is 1. The van der Waals surface area contributed by atoms with Crippen LogP contribution in [-0.2, 0) is 6.54 Å². The summed E-state index contributed by atoms with van der Waals surface area (Å²) < 4.78 is 0. The maximum Gasteiger partial charge on any atom is 0.257 e. The monoisotopic (exact) mass is 266 g/mol. The van der Waals surface area contributed by atoms with Gasteiger partial charge in [0.25, 0.3) is 5.91 Å². The molecule has 18 heavy (non-hydrogen) atoms. The van der Waals surface area contributed by atoms with Gasteiger partial charge in [0, 0.05) is 12.1 Å². The van der Waals surface area contributed by atoms with Gasteiger partial charge in [-0.25, -0.2) is 4.98 Å². The van der Waals surface area contributed by atoms with Gasteiger partial charge in [-0.05, 0) is 18.2 Å². The molecular weight excluding hydrogens is 256 g/mol. The topological polar surface area (TPSA) is 82.1 Å². The number of hydrogen-bond acceptors (Lipinski definition) is 4. The highest BCUT2D eigenvalue weighted by Gasteiger charge is 2.17. The summed E-state index contributed by atoms with van der Waals surface area (Å²) in [6, 6.07) is 4.33. The summed E-state index contributed by atoms with van der Waals surface area (Å²) in [5.41, 5.74) is 0.157. The fraction of sp³-hybridized carbons (Fsp3) is 0.182. The van der Waals surface area contributed by atoms with E-state index in [1.165, 1.54) is 29.4 Å². The third kappa shape index (κ3) is 2.60. The van der Waals surface area contributed by atoms with Crippen LogP contribution in [0.4, 0.5) is 0 Å². The molecule has 0 aliphatic heterocycles. The lowest BCUT2D eigenvalue weighted by molar-refractivity contribution is 0.0778. The SMILES string of the molecule is CN(Cc1ncn[nH]1)C(=O)c1cc(Cl)ccc1O. The van der Waals surface area contributed by atoms with Crippen molar-refractivity contribution < 1.29 is 9.90 Å². The van der Waals surface area contributed by atoms with E-state index < -0.39 is 0 Å². The fourth-order valence-corrected chi connectivity index (χ4v) is 1.66. The molecule has 6 nitrogen and oxygen atoms in total. The Hall–Kier alpha value is -2.08. The number of nitrogens with zero attached hydrogens (tertiary/aromatic N) is 3. The molecule has 0 aliphatic rings. The average molecular weight is 267 g/mol. The number of benzene rings is 1. The van der Waals surface area contributed by atoms with E-state index in [9.17, 15) is 9.90 Å². The van der Waals surface area contributed by atoms with Crippen LogP contribution < -0.4 is 0 Å². The van der Waals surface area contributed by atoms with Crippen LogP contribution in [0.3, 0.4) is 0 Å². The van der Waals surface area contributed by atoms with Crippen LogP contribution in [-0.4, -0.2) is 38.1 Å². The molecule has 1 aromatic carbocycles. The predicted octanol–water partition coefficient (Wildman–Crippen LogP) is 1.44. The van der Waals surface area contributed by atoms with E-state index in [1.807, 2.05) is 0 Å². The first-order valence-electron chi connectivity index (χ1n) is 5.16. The first-order chi connectivity index (χ1) is 8.58. The molecule has 0 unspecified atom stereocenters. The van der Waals surface area contributed by atoms with Gasteiger partial charge in [0.1, 0.15) is 17.9 Å². The smallest absolute Gasteiger partial charge is 0.257 e. The standard InChI is InChI=1S/C11H11ClN4O2/c1-16(5-10-13-6-14-15-10)11(18)8-4-7(12)2-3-9(8)17/h2-4,6,17H,5H2,1H3,(H,13,14,15). The van der Waals surface area contributed by atoms with Crippen molar-refractivity contribution in [3.63, 3.8) is 0 Å². The van der Waals surface area contributed by atoms with Crippen LogP contribution in [0, 0.1) is 0 Å². The average Bonchev–Trinajstić information content (AvgIpc) is 2.84. The van der Waals surface area contributed by atoms with Gasteiger partial charge in [-0.2, -0.15) is 5.10 Å². The number of carbonyl (C=O) groups is 1. The number of nitrogens with one attached hydrogen (secondary N) is 1. The normalized spacial score (nSPS) is 10.3. The van der Waals surface area contributed by atoms with E-state index >= 15 is 0 Å². The van der Waals surface area contributed by atoms with Crippen LogP contribution >= 0.6 is 11.6 Å². The lowest BCUT2D eigenvalue weighted by atomic mass is 10.2. The number of phenols is 1. The second kappa shape index (κ2) is 5.05. The molecule has 7 heteroatoms. The Morgan fingerprint density at radius 1 is 1.56 bits per heavy atom. The molecule has 0 radical (unpaired) electrons. The van der Waals surface area contributed by atoms with Gasteiger partial charge >= 0.3 is 0 Å². The highest BCUT2D eigenvalue weighted by Crippen LogP contribution is 2.22. The van der Waals surface area contributed by atoms with Gasteiger partial charge in [0.05, 0.1) is 12.1 Å². The summed E-state index contributed by atoms with van der Waals surface area (Å²) in [6.45, 7) is 0.269. The Labute approximate surface area is 108 Å². The predicted molar refractivity (Wildman–Crippen MR) is 65.3 cm³/mol. The molecule has 0 atom stereocenters. The largest absolute Gasteiger partial charge is 0.507 e. The zero-order valence-electron chi connectivity index (χ0n) is 9.59. The van der Waals surface area contributed by atoms with Crippen molar-refractivity contribution >= 4 is 17.5 Å². The third-order valence-electron chi connectivity index (χ3n) is 2.39. The molecule has 0 aliphatic carbocycles. The van der Waals surface area contributed by atoms with Gasteiger partial charge in [0.2, 0.25) is 0 Å². The summed E-state index contributed by atoms with van der Waals surface area (Å²) in [5, 5.41) is 16.4. The summed E-state index contributed by atoms with van der Waals surface area (Å²) in [4.78, 5) is 17.4. The van der Waals surface area contributed by atoms with Gasteiger partial charge in [-0.1, -0.05) is 11.6 Å². The number of aromatic nitrogens is 3. The minimum Gasteiger partial charge on any atom is -0.507 e. The first kappa shape index (κ1) is 12.4. The van der Waals surface area contributed by atoms with Crippen LogP contribution in [0.5, 0.6) is 5.75 Å². The first-order valence-corrected chi connectivity index (χ1v) is 5.54. The molecule has 0 bridgehead atoms. The summed E-state index contributed by atoms with van der Waals surface area (Å²) >= 11 is 5.80. The third-order valence-corrected chi connectivity index (χ3v) is 2.62. The molecule has 2 N–H and O–H groups in total. The van der Waals surface area contributed by atoms with Crippen LogP contribution in [0.15, 0.2) is 24.5 Å². The van der Waals surface area contributed by atoms with Crippen molar-refractivity contribution in [2.45, 2.75) is 6.54 Å². The summed E-state index contributed by atoms with van der Waals surface area (Å²) in [7, 11) is 1.60. The molecule has 2 aromatic rings. The number of amides is 1. The molecule has 94 valence electrons. The summed E-state index contributed by atoms with van der Waals surface area (Å²) in [6.07, 6.45) is 1.37. The van der Waals surface area contributed by atoms with Crippen molar-refractivity contribution in [1.82, 2.24) is 20.1 Å². The number of phenolic OH excluding ortho intramolecular Hbond substituents is 1. The Morgan fingerprint density at radius 3 is 3.00 bits per heavy atom. The lowest BCUT2D eigenvalue weighted by Crippen LogP contribution is -2.26. The Morgan fingerprint density at radius 2 is 2.33 bits per heavy atom. The quantitative estimate of drug-likeness (QED) is 0.881. The zero-order valence-corrected chi connectivity index (χ0v) is 10.3. The van der Waals surface area contributed by atoms with Crippen molar-refractivity contribution in [3.8, 4) is 5.75 Å². The molecule has 1 amide bonds. The minimum absolute atomic E-state index is 0.103. The summed E-state index contributed by atoms with van der Waals surface area (Å²) in [5.74, 6) is 0.118. The number of halogens is 1. The minimum atomic E-state index is -0.341. The highest BCUT2D eigenvalue weighted by atomic mass is 35.5. The molecule has 0 saturated carbocycles. The Bertz CT molecular complexity index is 556. The Balaban J connectivity index is 2.17. The van der Waals surface area contributed by atoms with Crippen LogP contribution in [0.2, 0.25) is 5.02 Å². The van der Waals surface area contributed by atoms with Crippen molar-refractivity contribution in [2.75, 3.05) is 7.05 Å². The maximum atomic E-state index is 12.1. The molecule has 2 rings (SSSR count). The molecular formula is C11H11ClN4O2. The van der Waals surface area contributed by atoms with E-state index in [2.05, 4.69) is 15.2 Å². The number of rotatable bonds is 3. The van der Waals surface area contributed by atoms with E-state index in [0.717, 1.165) is 0 Å². The zero-order chi connectivity index (χ0) is 13.1. The molecule has 0 saturated heterocycles. The van der Waals surface area contributed by atoms with Crippen LogP contribution in [0.1, 0.15) is 16.2 Å². The molecule has 0 spiro atoms. The van der Waals surface area contributed by atoms with E-state index in [1.54, 1.807) is 7.05 Å². The fourth-order valence-electron chi connectivity index (χ4n) is 1.49. The van der Waals surface area contributed by atoms with E-state index in [-0.39, 0.29) is 23.8 Å². The highest BCUT2D eigenvalue weighted by molar-refractivity contribution is 6.31. The molecule has 1 aromatic heterocycles. The van der Waals surface area contributed by atoms with Crippen molar-refractivity contribution in [2.24, 2.45) is 0 Å². The van der Waals surface area contributed by atoms with Gasteiger partial charge < -0.3 is 10.0 Å². The Kier molecular flexibility index (Phi) is 3.47. The second-order valence-electron chi connectivity index (χ2n) is 3.75. The van der Waals surface area contributed by atoms with Crippen molar-refractivity contribution in [1.29, 1.82) is 0 Å². The van der Waals surface area contributed by atoms with Gasteiger partial charge in [-0.3, -0.25) is 9.89 Å². The number of aromatic hydroxyl groups is 1. The van der Waals surface area contributed by atoms with E-state index in [0.29, 0.717) is 10.8 Å². The number of hydrogen-bond donors (Lipinski definition) is 2. The molecule has 0 fully saturated rings. The number of H-pyrrole nitrogens is 1. The van der Waals surface area contributed by atoms with Gasteiger partial charge in [-0.15, -0.1) is 0 Å². The van der Waals surface area contributed by atoms with E-state index in [4.69, 9.17) is 11.6 Å². The number of carbonyl (C=O) groups excluding carboxylic acids is 1. The maximum absolute atomic E-state index is 12.1. The van der Waals surface area contributed by atoms with Crippen LogP contribution in [0.25, 0.3) is 0 Å². The van der Waals surface area contributed by atoms with Gasteiger partial charge in [0.15, 0.2) is 0 Å². The molecule has 1 heterocycles.